The van der Waals surface area contributed by atoms with Gasteiger partial charge in [0.1, 0.15) is 0 Å². The van der Waals surface area contributed by atoms with E-state index in [1.54, 1.807) is 7.05 Å². The molecule has 0 aliphatic rings. The summed E-state index contributed by atoms with van der Waals surface area (Å²) in [4.78, 5) is 11.6. The van der Waals surface area contributed by atoms with E-state index in [4.69, 9.17) is 11.6 Å². The van der Waals surface area contributed by atoms with Gasteiger partial charge < -0.3 is 10.6 Å². The fourth-order valence-electron chi connectivity index (χ4n) is 2.30. The van der Waals surface area contributed by atoms with Gasteiger partial charge in [-0.05, 0) is 37.6 Å². The molecule has 0 aromatic heterocycles. The van der Waals surface area contributed by atoms with Crippen LogP contribution in [0.25, 0.3) is 0 Å². The van der Waals surface area contributed by atoms with Gasteiger partial charge in [0.2, 0.25) is 5.91 Å². The van der Waals surface area contributed by atoms with E-state index in [2.05, 4.69) is 36.6 Å². The first kappa shape index (κ1) is 16.0. The number of amides is 1. The van der Waals surface area contributed by atoms with Crippen molar-refractivity contribution >= 4 is 17.5 Å². The summed E-state index contributed by atoms with van der Waals surface area (Å²) in [5, 5.41) is 6.60. The molecule has 4 heteroatoms. The Hall–Kier alpha value is -1.06. The average Bonchev–Trinajstić information content (AvgIpc) is 2.42. The van der Waals surface area contributed by atoms with Crippen molar-refractivity contribution in [2.45, 2.75) is 32.1 Å². The van der Waals surface area contributed by atoms with Gasteiger partial charge in [0.15, 0.2) is 0 Å². The molecule has 19 heavy (non-hydrogen) atoms. The molecule has 0 heterocycles. The van der Waals surface area contributed by atoms with Crippen molar-refractivity contribution in [3.63, 3.8) is 0 Å². The predicted octanol–water partition coefficient (Wildman–Crippen LogP) is 2.73. The van der Waals surface area contributed by atoms with E-state index in [0.717, 1.165) is 17.9 Å². The fraction of sp³-hybridized carbons (Fsp3) is 0.533. The van der Waals surface area contributed by atoms with Crippen LogP contribution in [0.4, 0.5) is 0 Å². The molecule has 0 radical (unpaired) electrons. The zero-order valence-corrected chi connectivity index (χ0v) is 12.7. The number of halogens is 1. The molecule has 3 nitrogen and oxygen atoms in total. The topological polar surface area (TPSA) is 41.1 Å². The van der Waals surface area contributed by atoms with Gasteiger partial charge in [0.25, 0.3) is 0 Å². The highest BCUT2D eigenvalue weighted by Gasteiger charge is 2.28. The Bertz CT molecular complexity index is 399. The van der Waals surface area contributed by atoms with Crippen molar-refractivity contribution in [1.29, 1.82) is 0 Å². The van der Waals surface area contributed by atoms with Crippen molar-refractivity contribution < 1.29 is 4.79 Å². The maximum Gasteiger partial charge on any atom is 0.233 e. The molecule has 1 aromatic rings. The Balaban J connectivity index is 2.84. The number of carbonyl (C=O) groups is 1. The van der Waals surface area contributed by atoms with E-state index in [0.29, 0.717) is 13.1 Å². The minimum Gasteiger partial charge on any atom is -0.354 e. The van der Waals surface area contributed by atoms with Crippen LogP contribution in [0, 0.1) is 0 Å². The monoisotopic (exact) mass is 282 g/mol. The lowest BCUT2D eigenvalue weighted by molar-refractivity contribution is -0.120. The number of benzene rings is 1. The van der Waals surface area contributed by atoms with E-state index >= 15 is 0 Å². The van der Waals surface area contributed by atoms with Crippen molar-refractivity contribution in [2.24, 2.45) is 0 Å². The molecule has 0 unspecified atom stereocenters. The number of hydrogen-bond donors (Lipinski definition) is 2. The van der Waals surface area contributed by atoms with Crippen LogP contribution in [-0.2, 0) is 10.2 Å². The molecule has 0 aliphatic carbocycles. The normalized spacial score (nSPS) is 11.4. The van der Waals surface area contributed by atoms with Crippen molar-refractivity contribution in [2.75, 3.05) is 20.1 Å². The van der Waals surface area contributed by atoms with E-state index in [1.165, 1.54) is 5.56 Å². The summed E-state index contributed by atoms with van der Waals surface area (Å²) in [6, 6.07) is 7.93. The second-order valence-corrected chi connectivity index (χ2v) is 5.24. The third-order valence-electron chi connectivity index (χ3n) is 3.77. The number of nitrogens with one attached hydrogen (secondary N) is 2. The van der Waals surface area contributed by atoms with Crippen LogP contribution in [0.15, 0.2) is 24.3 Å². The summed E-state index contributed by atoms with van der Waals surface area (Å²) < 4.78 is 0. The lowest BCUT2D eigenvalue weighted by atomic mass is 9.76. The van der Waals surface area contributed by atoms with Gasteiger partial charge in [-0.25, -0.2) is 0 Å². The van der Waals surface area contributed by atoms with Crippen molar-refractivity contribution in [3.05, 3.63) is 34.9 Å². The molecule has 1 amide bonds. The highest BCUT2D eigenvalue weighted by molar-refractivity contribution is 6.30. The first-order valence-electron chi connectivity index (χ1n) is 6.75. The van der Waals surface area contributed by atoms with E-state index in [1.807, 2.05) is 12.1 Å². The Morgan fingerprint density at radius 3 is 2.26 bits per heavy atom. The van der Waals surface area contributed by atoms with E-state index < -0.39 is 0 Å². The van der Waals surface area contributed by atoms with Crippen LogP contribution < -0.4 is 10.6 Å². The molecule has 0 atom stereocenters. The second-order valence-electron chi connectivity index (χ2n) is 4.80. The van der Waals surface area contributed by atoms with Crippen LogP contribution in [0.3, 0.4) is 0 Å². The van der Waals surface area contributed by atoms with Crippen molar-refractivity contribution in [3.8, 4) is 0 Å². The summed E-state index contributed by atoms with van der Waals surface area (Å²) in [6.07, 6.45) is 1.95. The van der Waals surface area contributed by atoms with Gasteiger partial charge in [0.05, 0.1) is 6.54 Å². The maximum atomic E-state index is 11.6. The Kier molecular flexibility index (Phi) is 6.32. The zero-order chi connectivity index (χ0) is 14.3. The van der Waals surface area contributed by atoms with Gasteiger partial charge in [-0.15, -0.1) is 0 Å². The lowest BCUT2D eigenvalue weighted by Crippen LogP contribution is -2.42. The van der Waals surface area contributed by atoms with Crippen LogP contribution >= 0.6 is 11.6 Å². The largest absolute Gasteiger partial charge is 0.354 e. The molecule has 1 aromatic carbocycles. The summed E-state index contributed by atoms with van der Waals surface area (Å²) in [5.41, 5.74) is 1.21. The molecular formula is C15H23ClN2O. The molecule has 0 bridgehead atoms. The maximum absolute atomic E-state index is 11.6. The molecule has 0 aliphatic heterocycles. The van der Waals surface area contributed by atoms with Crippen molar-refractivity contribution in [1.82, 2.24) is 10.6 Å². The number of likely N-dealkylation sites (N-methyl/N-ethyl adjacent to an activating group) is 1. The number of rotatable bonds is 7. The first-order chi connectivity index (χ1) is 9.07. The quantitative estimate of drug-likeness (QED) is 0.807. The summed E-state index contributed by atoms with van der Waals surface area (Å²) in [5.74, 6) is 0.0303. The molecular weight excluding hydrogens is 260 g/mol. The Morgan fingerprint density at radius 2 is 1.79 bits per heavy atom. The van der Waals surface area contributed by atoms with Crippen LogP contribution in [0.5, 0.6) is 0 Å². The van der Waals surface area contributed by atoms with Crippen LogP contribution in [-0.4, -0.2) is 26.0 Å². The standard InChI is InChI=1S/C15H23ClN2O/c1-4-15(5-2,11-18-14(19)10-17-3)12-6-8-13(16)9-7-12/h6-9,17H,4-5,10-11H2,1-3H3,(H,18,19). The predicted molar refractivity (Wildman–Crippen MR) is 80.6 cm³/mol. The second kappa shape index (κ2) is 7.51. The van der Waals surface area contributed by atoms with Gasteiger partial charge in [0, 0.05) is 17.0 Å². The minimum absolute atomic E-state index is 0.0199. The molecule has 0 spiro atoms. The first-order valence-corrected chi connectivity index (χ1v) is 7.13. The third-order valence-corrected chi connectivity index (χ3v) is 4.02. The average molecular weight is 283 g/mol. The zero-order valence-electron chi connectivity index (χ0n) is 11.9. The summed E-state index contributed by atoms with van der Waals surface area (Å²) in [7, 11) is 1.77. The SMILES string of the molecule is CCC(CC)(CNC(=O)CNC)c1ccc(Cl)cc1. The number of hydrogen-bond acceptors (Lipinski definition) is 2. The van der Waals surface area contributed by atoms with E-state index in [9.17, 15) is 4.79 Å². The minimum atomic E-state index is -0.0199. The molecule has 0 saturated heterocycles. The number of carbonyl (C=O) groups excluding carboxylic acids is 1. The summed E-state index contributed by atoms with van der Waals surface area (Å²) in [6.45, 7) is 5.32. The van der Waals surface area contributed by atoms with Gasteiger partial charge >= 0.3 is 0 Å². The fourth-order valence-corrected chi connectivity index (χ4v) is 2.43. The highest BCUT2D eigenvalue weighted by atomic mass is 35.5. The van der Waals surface area contributed by atoms with Gasteiger partial charge in [-0.1, -0.05) is 37.6 Å². The molecule has 106 valence electrons. The lowest BCUT2D eigenvalue weighted by Gasteiger charge is -2.32. The van der Waals surface area contributed by atoms with Crippen LogP contribution in [0.2, 0.25) is 5.02 Å². The van der Waals surface area contributed by atoms with Gasteiger partial charge in [-0.3, -0.25) is 4.79 Å². The Morgan fingerprint density at radius 1 is 1.21 bits per heavy atom. The molecule has 1 rings (SSSR count). The van der Waals surface area contributed by atoms with E-state index in [-0.39, 0.29) is 11.3 Å². The highest BCUT2D eigenvalue weighted by Crippen LogP contribution is 2.31. The van der Waals surface area contributed by atoms with Crippen LogP contribution in [0.1, 0.15) is 32.3 Å². The molecule has 0 fully saturated rings. The Labute approximate surface area is 120 Å². The molecule has 2 N–H and O–H groups in total. The third kappa shape index (κ3) is 4.22. The van der Waals surface area contributed by atoms with Gasteiger partial charge in [-0.2, -0.15) is 0 Å². The smallest absolute Gasteiger partial charge is 0.233 e. The summed E-state index contributed by atoms with van der Waals surface area (Å²) >= 11 is 5.94. The molecule has 0 saturated carbocycles.